The number of esters is 1. The molecule has 2 rings (SSSR count). The molecule has 6 nitrogen and oxygen atoms in total. The molecule has 10 heteroatoms. The van der Waals surface area contributed by atoms with E-state index in [1.54, 1.807) is 0 Å². The second kappa shape index (κ2) is 6.30. The minimum Gasteiger partial charge on any atom is -0.618 e. The molecule has 2 aliphatic rings. The summed E-state index contributed by atoms with van der Waals surface area (Å²) in [5.74, 6) is -0.792. The van der Waals surface area contributed by atoms with E-state index in [4.69, 9.17) is 4.74 Å². The Labute approximate surface area is 138 Å². The van der Waals surface area contributed by atoms with Gasteiger partial charge in [-0.25, -0.2) is 4.79 Å². The van der Waals surface area contributed by atoms with Gasteiger partial charge in [-0.1, -0.05) is 6.58 Å². The van der Waals surface area contributed by atoms with Crippen LogP contribution >= 0.6 is 0 Å². The maximum Gasteiger partial charge on any atom is 0.549 e. The van der Waals surface area contributed by atoms with Gasteiger partial charge in [-0.2, -0.15) is 21.6 Å². The predicted octanol–water partition coefficient (Wildman–Crippen LogP) is 1.29. The van der Waals surface area contributed by atoms with Crippen molar-refractivity contribution in [3.05, 3.63) is 17.4 Å². The van der Waals surface area contributed by atoms with Crippen molar-refractivity contribution in [3.63, 3.8) is 0 Å². The van der Waals surface area contributed by atoms with Crippen LogP contribution in [0.15, 0.2) is 12.2 Å². The van der Waals surface area contributed by atoms with E-state index >= 15 is 0 Å². The van der Waals surface area contributed by atoms with Crippen LogP contribution in [0.3, 0.4) is 0 Å². The molecule has 2 aliphatic carbocycles. The molecule has 2 fully saturated rings. The lowest BCUT2D eigenvalue weighted by atomic mass is 9.87. The van der Waals surface area contributed by atoms with Gasteiger partial charge in [0.05, 0.1) is 6.54 Å². The van der Waals surface area contributed by atoms with Gasteiger partial charge in [-0.3, -0.25) is 4.47 Å². The number of sulfonamides is 1. The Morgan fingerprint density at radius 3 is 2.12 bits per heavy atom. The van der Waals surface area contributed by atoms with Crippen molar-refractivity contribution in [2.45, 2.75) is 50.1 Å². The van der Waals surface area contributed by atoms with E-state index in [9.17, 15) is 31.6 Å². The molecule has 2 bridgehead atoms. The number of ether oxygens (including phenoxy) is 1. The summed E-state index contributed by atoms with van der Waals surface area (Å²) in [4.78, 5) is 11.9. The Morgan fingerprint density at radius 1 is 1.29 bits per heavy atom. The fourth-order valence-corrected chi connectivity index (χ4v) is 4.48. The summed E-state index contributed by atoms with van der Waals surface area (Å²) >= 11 is 0. The van der Waals surface area contributed by atoms with Crippen LogP contribution in [0.1, 0.15) is 39.0 Å². The fourth-order valence-electron chi connectivity index (χ4n) is 3.85. The number of halogens is 3. The van der Waals surface area contributed by atoms with E-state index in [1.165, 1.54) is 6.92 Å². The number of hydroxylamine groups is 1. The van der Waals surface area contributed by atoms with Gasteiger partial charge in [-0.15, -0.1) is 0 Å². The first-order valence-corrected chi connectivity index (χ1v) is 9.13. The van der Waals surface area contributed by atoms with E-state index in [-0.39, 0.29) is 23.8 Å². The minimum absolute atomic E-state index is 0.0628. The molecule has 24 heavy (non-hydrogen) atoms. The largest absolute Gasteiger partial charge is 0.618 e. The highest BCUT2D eigenvalue weighted by molar-refractivity contribution is 7.86. The zero-order valence-corrected chi connectivity index (χ0v) is 14.0. The molecule has 0 aromatic heterocycles. The van der Waals surface area contributed by atoms with Gasteiger partial charge in [0.15, 0.2) is 0 Å². The first kappa shape index (κ1) is 19.2. The summed E-state index contributed by atoms with van der Waals surface area (Å²) in [7, 11) is -5.85. The Morgan fingerprint density at radius 2 is 1.75 bits per heavy atom. The average Bonchev–Trinajstić information content (AvgIpc) is 2.98. The van der Waals surface area contributed by atoms with Crippen molar-refractivity contribution in [3.8, 4) is 0 Å². The van der Waals surface area contributed by atoms with Gasteiger partial charge < -0.3 is 9.94 Å². The first-order valence-electron chi connectivity index (χ1n) is 7.65. The molecule has 0 radical (unpaired) electrons. The molecule has 1 N–H and O–H groups in total. The molecule has 1 atom stereocenters. The summed E-state index contributed by atoms with van der Waals surface area (Å²) in [6.07, 6.45) is 2.76. The molecule has 138 valence electrons. The van der Waals surface area contributed by atoms with E-state index in [0.29, 0.717) is 0 Å². The average molecular weight is 371 g/mol. The molecule has 2 saturated carbocycles. The van der Waals surface area contributed by atoms with Gasteiger partial charge in [0.2, 0.25) is 0 Å². The van der Waals surface area contributed by atoms with Gasteiger partial charge >= 0.3 is 21.5 Å². The van der Waals surface area contributed by atoms with Crippen LogP contribution in [0.25, 0.3) is 0 Å². The van der Waals surface area contributed by atoms with Crippen LogP contribution in [0, 0.1) is 17.0 Å². The monoisotopic (exact) mass is 371 g/mol. The molecule has 0 saturated heterocycles. The summed E-state index contributed by atoms with van der Waals surface area (Å²) in [5, 5.41) is 11.6. The van der Waals surface area contributed by atoms with Crippen molar-refractivity contribution >= 4 is 16.0 Å². The quantitative estimate of drug-likeness (QED) is 0.432. The number of hydrogen-bond acceptors (Lipinski definition) is 5. The topological polar surface area (TPSA) is 87.9 Å². The number of quaternary nitrogens is 1. The van der Waals surface area contributed by atoms with Crippen molar-refractivity contribution in [1.82, 2.24) is 0 Å². The third-order valence-corrected chi connectivity index (χ3v) is 6.48. The lowest BCUT2D eigenvalue weighted by molar-refractivity contribution is -0.713. The third kappa shape index (κ3) is 3.18. The molecule has 0 spiro atoms. The predicted molar refractivity (Wildman–Crippen MR) is 77.9 cm³/mol. The van der Waals surface area contributed by atoms with E-state index in [1.807, 2.05) is 0 Å². The summed E-state index contributed by atoms with van der Waals surface area (Å²) < 4.78 is 63.4. The maximum absolute atomic E-state index is 12.5. The zero-order valence-electron chi connectivity index (χ0n) is 13.2. The summed E-state index contributed by atoms with van der Waals surface area (Å²) in [6.45, 7) is 4.11. The molecule has 1 unspecified atom stereocenters. The van der Waals surface area contributed by atoms with Gasteiger partial charge in [0.1, 0.15) is 5.60 Å². The van der Waals surface area contributed by atoms with Crippen molar-refractivity contribution < 1.29 is 35.6 Å². The lowest BCUT2D eigenvalue weighted by Gasteiger charge is -2.35. The molecule has 0 heterocycles. The standard InChI is InChI=1S/C14H20F3NO5S/c1-9(2)12(19)23-13(10-3-4-11(13)6-5-10)7-8-18(20)24(21,22)14(15,16)17/h10-11,18H,1,3-8H2,2H3. The Bertz CT molecular complexity index is 611. The number of alkyl halides is 3. The molecule has 0 aromatic rings. The lowest BCUT2D eigenvalue weighted by Crippen LogP contribution is -3.11. The Balaban J connectivity index is 2.17. The molecular formula is C14H20F3NO5S. The second-order valence-electron chi connectivity index (χ2n) is 6.49. The molecule has 0 amide bonds. The Hall–Kier alpha value is -1.13. The van der Waals surface area contributed by atoms with Crippen molar-refractivity contribution in [2.75, 3.05) is 6.54 Å². The Kier molecular flexibility index (Phi) is 5.04. The van der Waals surface area contributed by atoms with Crippen LogP contribution in [0.2, 0.25) is 0 Å². The summed E-state index contributed by atoms with van der Waals surface area (Å²) in [5.41, 5.74) is -6.53. The van der Waals surface area contributed by atoms with Crippen LogP contribution in [0.5, 0.6) is 0 Å². The van der Waals surface area contributed by atoms with Gasteiger partial charge in [0, 0.05) is 12.0 Å². The van der Waals surface area contributed by atoms with Gasteiger partial charge in [0.25, 0.3) is 0 Å². The number of rotatable bonds is 6. The highest BCUT2D eigenvalue weighted by Crippen LogP contribution is 2.55. The maximum atomic E-state index is 12.5. The summed E-state index contributed by atoms with van der Waals surface area (Å²) in [6, 6.07) is 0. The van der Waals surface area contributed by atoms with Crippen molar-refractivity contribution in [2.24, 2.45) is 11.8 Å². The number of nitrogens with one attached hydrogen (secondary N) is 1. The minimum atomic E-state index is -5.85. The number of carbonyl (C=O) groups excluding carboxylic acids is 1. The molecule has 0 aromatic carbocycles. The number of fused-ring (bicyclic) bond motifs is 2. The fraction of sp³-hybridized carbons (Fsp3) is 0.786. The van der Waals surface area contributed by atoms with Crippen LogP contribution < -0.4 is 4.47 Å². The zero-order chi connectivity index (χ0) is 18.3. The van der Waals surface area contributed by atoms with E-state index in [2.05, 4.69) is 6.58 Å². The highest BCUT2D eigenvalue weighted by Gasteiger charge is 2.58. The van der Waals surface area contributed by atoms with E-state index in [0.717, 1.165) is 25.7 Å². The second-order valence-corrected chi connectivity index (χ2v) is 8.42. The van der Waals surface area contributed by atoms with Crippen LogP contribution in [0.4, 0.5) is 13.2 Å². The molecule has 0 aliphatic heterocycles. The SMILES string of the molecule is C=C(C)C(=O)OC1(CC[NH+]([O-])S(=O)(=O)C(F)(F)F)C2CCC1CC2. The third-order valence-electron chi connectivity index (χ3n) is 5.06. The molecular weight excluding hydrogens is 351 g/mol. The first-order chi connectivity index (χ1) is 10.9. The normalized spacial score (nSPS) is 31.0. The van der Waals surface area contributed by atoms with Crippen LogP contribution in [-0.2, 0) is 19.6 Å². The van der Waals surface area contributed by atoms with Crippen LogP contribution in [-0.4, -0.2) is 32.0 Å². The van der Waals surface area contributed by atoms with Crippen molar-refractivity contribution in [1.29, 1.82) is 0 Å². The van der Waals surface area contributed by atoms with Gasteiger partial charge in [-0.05, 0) is 44.4 Å². The number of carbonyl (C=O) groups is 1. The van der Waals surface area contributed by atoms with E-state index < -0.39 is 38.1 Å². The highest BCUT2D eigenvalue weighted by atomic mass is 32.2. The smallest absolute Gasteiger partial charge is 0.549 e. The number of hydrogen-bond donors (Lipinski definition) is 1.